The summed E-state index contributed by atoms with van der Waals surface area (Å²) >= 11 is 0. The Morgan fingerprint density at radius 2 is 0.759 bits per heavy atom. The van der Waals surface area contributed by atoms with Crippen LogP contribution in [-0.4, -0.2) is 15.0 Å². The van der Waals surface area contributed by atoms with Crippen LogP contribution in [0.15, 0.2) is 200 Å². The number of rotatable bonds is 6. The third-order valence-electron chi connectivity index (χ3n) is 9.82. The van der Waals surface area contributed by atoms with Crippen LogP contribution < -0.4 is 0 Å². The molecule has 0 spiro atoms. The fraction of sp³-hybridized carbons (Fsp3) is 0. The molecule has 0 aliphatic rings. The molecule has 0 saturated heterocycles. The molecular formula is C51H33N3. The first kappa shape index (κ1) is 24.9. The van der Waals surface area contributed by atoms with Crippen molar-refractivity contribution in [3.05, 3.63) is 200 Å². The highest BCUT2D eigenvalue weighted by atomic mass is 15.0. The van der Waals surface area contributed by atoms with Crippen molar-refractivity contribution in [1.82, 2.24) is 15.0 Å². The molecule has 0 fully saturated rings. The summed E-state index contributed by atoms with van der Waals surface area (Å²) in [6.45, 7) is 0. The topological polar surface area (TPSA) is 38.7 Å². The lowest BCUT2D eigenvalue weighted by atomic mass is 9.88. The summed E-state index contributed by atoms with van der Waals surface area (Å²) in [6.07, 6.45) is 0. The minimum Gasteiger partial charge on any atom is -0.208 e. The minimum absolute atomic E-state index is 0.0720. The fourth-order valence-electron chi connectivity index (χ4n) is 7.28. The summed E-state index contributed by atoms with van der Waals surface area (Å²) in [5, 5.41) is 3.29. The van der Waals surface area contributed by atoms with Crippen LogP contribution in [0, 0.1) is 0 Å². The van der Waals surface area contributed by atoms with Gasteiger partial charge in [-0.2, -0.15) is 0 Å². The van der Waals surface area contributed by atoms with E-state index in [2.05, 4.69) is 36.4 Å². The van der Waals surface area contributed by atoms with Gasteiger partial charge in [0.25, 0.3) is 0 Å². The predicted octanol–water partition coefficient (Wildman–Crippen LogP) is 13.3. The molecule has 9 aromatic carbocycles. The van der Waals surface area contributed by atoms with Crippen molar-refractivity contribution in [1.29, 1.82) is 0 Å². The molecular weight excluding hydrogens is 655 g/mol. The normalized spacial score (nSPS) is 13.1. The molecule has 1 aromatic heterocycles. The van der Waals surface area contributed by atoms with Crippen LogP contribution in [0.1, 0.15) is 9.60 Å². The van der Waals surface area contributed by atoms with Crippen molar-refractivity contribution in [2.45, 2.75) is 0 Å². The van der Waals surface area contributed by atoms with Gasteiger partial charge in [0, 0.05) is 16.7 Å². The number of fused-ring (bicyclic) bond motifs is 3. The van der Waals surface area contributed by atoms with E-state index in [0.29, 0.717) is 23.0 Å². The molecule has 10 aromatic rings. The van der Waals surface area contributed by atoms with Crippen molar-refractivity contribution < 1.29 is 9.60 Å². The molecule has 252 valence electrons. The average Bonchev–Trinajstić information content (AvgIpc) is 3.31. The van der Waals surface area contributed by atoms with E-state index in [1.807, 2.05) is 121 Å². The molecule has 3 heteroatoms. The molecule has 0 saturated carbocycles. The van der Waals surface area contributed by atoms with Gasteiger partial charge in [0.15, 0.2) is 17.5 Å². The van der Waals surface area contributed by atoms with E-state index in [1.54, 1.807) is 0 Å². The number of aromatic nitrogens is 3. The van der Waals surface area contributed by atoms with Crippen molar-refractivity contribution >= 4 is 32.3 Å². The maximum atomic E-state index is 9.25. The molecule has 3 nitrogen and oxygen atoms in total. The van der Waals surface area contributed by atoms with E-state index in [-0.39, 0.29) is 34.5 Å². The Balaban J connectivity index is 1.17. The second-order valence-corrected chi connectivity index (χ2v) is 13.0. The van der Waals surface area contributed by atoms with Gasteiger partial charge < -0.3 is 0 Å². The first-order chi connectivity index (χ1) is 29.7. The summed E-state index contributed by atoms with van der Waals surface area (Å²) in [7, 11) is 0. The van der Waals surface area contributed by atoms with Gasteiger partial charge in [-0.05, 0) is 77.8 Å². The van der Waals surface area contributed by atoms with E-state index < -0.39 is 24.2 Å². The maximum Gasteiger partial charge on any atom is 0.164 e. The van der Waals surface area contributed by atoms with E-state index in [0.717, 1.165) is 60.5 Å². The van der Waals surface area contributed by atoms with Gasteiger partial charge in [-0.3, -0.25) is 0 Å². The number of hydrogen-bond acceptors (Lipinski definition) is 3. The molecule has 0 aliphatic carbocycles. The van der Waals surface area contributed by atoms with Crippen LogP contribution in [0.3, 0.4) is 0 Å². The lowest BCUT2D eigenvalue weighted by molar-refractivity contribution is 1.08. The number of benzene rings is 9. The quantitative estimate of drug-likeness (QED) is 0.174. The zero-order valence-corrected chi connectivity index (χ0v) is 28.9. The van der Waals surface area contributed by atoms with Crippen molar-refractivity contribution in [3.63, 3.8) is 0 Å². The Kier molecular flexibility index (Phi) is 6.17. The molecule has 0 aliphatic heterocycles. The van der Waals surface area contributed by atoms with Gasteiger partial charge in [-0.25, -0.2) is 15.0 Å². The molecule has 0 N–H and O–H groups in total. The monoisotopic (exact) mass is 694 g/mol. The lowest BCUT2D eigenvalue weighted by Gasteiger charge is -2.16. The highest BCUT2D eigenvalue weighted by Crippen LogP contribution is 2.41. The van der Waals surface area contributed by atoms with E-state index >= 15 is 0 Å². The molecule has 0 radical (unpaired) electrons. The first-order valence-electron chi connectivity index (χ1n) is 21.2. The van der Waals surface area contributed by atoms with Crippen molar-refractivity contribution in [3.8, 4) is 67.5 Å². The minimum atomic E-state index is -0.494. The van der Waals surface area contributed by atoms with Gasteiger partial charge in [0.2, 0.25) is 0 Å². The van der Waals surface area contributed by atoms with Gasteiger partial charge in [0.1, 0.15) is 0 Å². The van der Waals surface area contributed by atoms with Crippen molar-refractivity contribution in [2.75, 3.05) is 0 Å². The summed E-state index contributed by atoms with van der Waals surface area (Å²) in [5.74, 6) is 1.64. The van der Waals surface area contributed by atoms with Gasteiger partial charge >= 0.3 is 0 Å². The van der Waals surface area contributed by atoms with Crippen LogP contribution in [0.5, 0.6) is 0 Å². The van der Waals surface area contributed by atoms with Crippen molar-refractivity contribution in [2.24, 2.45) is 0 Å². The highest BCUT2D eigenvalue weighted by molar-refractivity contribution is 6.12. The van der Waals surface area contributed by atoms with Crippen LogP contribution in [0.4, 0.5) is 0 Å². The van der Waals surface area contributed by atoms with Gasteiger partial charge in [0.05, 0.1) is 9.60 Å². The molecule has 0 atom stereocenters. The third-order valence-corrected chi connectivity index (χ3v) is 9.82. The molecule has 10 rings (SSSR count). The molecule has 0 amide bonds. The lowest BCUT2D eigenvalue weighted by Crippen LogP contribution is -2.01. The Morgan fingerprint density at radius 3 is 1.43 bits per heavy atom. The zero-order valence-electron chi connectivity index (χ0n) is 35.9. The maximum absolute atomic E-state index is 9.25. The fourth-order valence-corrected chi connectivity index (χ4v) is 7.28. The second-order valence-electron chi connectivity index (χ2n) is 13.0. The second kappa shape index (κ2) is 13.4. The first-order valence-corrected chi connectivity index (χ1v) is 17.7. The Hall–Kier alpha value is -7.23. The highest BCUT2D eigenvalue weighted by Gasteiger charge is 2.19. The summed E-state index contributed by atoms with van der Waals surface area (Å²) in [6, 6.07) is 49.4. The van der Waals surface area contributed by atoms with Gasteiger partial charge in [-0.15, -0.1) is 0 Å². The Morgan fingerprint density at radius 1 is 0.296 bits per heavy atom. The molecule has 1 heterocycles. The number of nitrogens with zero attached hydrogens (tertiary/aromatic N) is 3. The Labute approximate surface area is 323 Å². The standard InChI is InChI=1S/C51H33N3/c1-3-16-35(17-4-1)39-21-9-14-26-47(39)50-52-49(36-18-5-2-6-19-36)53-51(54-50)48-32-31-46(43-24-12-13-25-44(43)48)45-30-29-40(41-22-10-11-23-42(41)45)38-28-27-34-15-7-8-20-37(34)33-38/h1-33H/i7D,8D,15D,20D,27D,28D,33D. The van der Waals surface area contributed by atoms with Crippen LogP contribution in [0.25, 0.3) is 99.9 Å². The van der Waals surface area contributed by atoms with E-state index in [9.17, 15) is 1.37 Å². The predicted molar refractivity (Wildman–Crippen MR) is 225 cm³/mol. The van der Waals surface area contributed by atoms with Crippen LogP contribution >= 0.6 is 0 Å². The zero-order chi connectivity index (χ0) is 41.9. The van der Waals surface area contributed by atoms with Crippen LogP contribution in [0.2, 0.25) is 0 Å². The third kappa shape index (κ3) is 5.60. The SMILES string of the molecule is [2H]c1c([2H])c([2H])c2c([2H])c(-c3ccc(-c4ccc(-c5nc(-c6ccccc6)nc(-c6ccccc6-c6ccccc6)n5)c5ccccc45)c4ccccc34)c([2H])c([2H])c2c1[2H]. The summed E-state index contributed by atoms with van der Waals surface area (Å²) in [4.78, 5) is 15.3. The van der Waals surface area contributed by atoms with E-state index in [1.165, 1.54) is 0 Å². The van der Waals surface area contributed by atoms with Crippen LogP contribution in [-0.2, 0) is 0 Å². The molecule has 0 bridgehead atoms. The smallest absolute Gasteiger partial charge is 0.164 e. The summed E-state index contributed by atoms with van der Waals surface area (Å²) < 4.78 is 60.8. The van der Waals surface area contributed by atoms with E-state index in [4.69, 9.17) is 23.2 Å². The Bertz CT molecular complexity index is 3390. The average molecular weight is 695 g/mol. The molecule has 0 unspecified atom stereocenters. The molecule has 54 heavy (non-hydrogen) atoms. The van der Waals surface area contributed by atoms with Gasteiger partial charge in [-0.1, -0.05) is 188 Å². The largest absolute Gasteiger partial charge is 0.208 e. The summed E-state index contributed by atoms with van der Waals surface area (Å²) in [5.41, 5.74) is 7.18. The number of hydrogen-bond donors (Lipinski definition) is 0.